The molecule has 4 rings (SSSR count). The van der Waals surface area contributed by atoms with Gasteiger partial charge in [-0.1, -0.05) is 12.1 Å². The van der Waals surface area contributed by atoms with Gasteiger partial charge >= 0.3 is 0 Å². The van der Waals surface area contributed by atoms with Crippen LogP contribution < -0.4 is 11.1 Å². The maximum atomic E-state index is 12.2. The molecule has 0 unspecified atom stereocenters. The molecule has 1 saturated heterocycles. The molecular formula is C23H28N6O4S. The summed E-state index contributed by atoms with van der Waals surface area (Å²) >= 11 is 0. The van der Waals surface area contributed by atoms with Gasteiger partial charge in [0.15, 0.2) is 15.7 Å². The van der Waals surface area contributed by atoms with Crippen LogP contribution in [0.15, 0.2) is 35.4 Å². The number of nitrogens with zero attached hydrogens (tertiary/aromatic N) is 4. The second kappa shape index (κ2) is 9.19. The number of nitrogens with two attached hydrogens (primary N) is 1. The maximum Gasteiger partial charge on any atom is 0.254 e. The number of hydrogen-bond acceptors (Lipinski definition) is 7. The van der Waals surface area contributed by atoms with E-state index >= 15 is 0 Å². The number of aromatic nitrogens is 2. The molecule has 1 aliphatic heterocycles. The lowest BCUT2D eigenvalue weighted by molar-refractivity contribution is -0.117. The lowest BCUT2D eigenvalue weighted by Gasteiger charge is -2.40. The number of piperidine rings is 1. The molecule has 10 nitrogen and oxygen atoms in total. The molecule has 1 aliphatic carbocycles. The molecule has 34 heavy (non-hydrogen) atoms. The van der Waals surface area contributed by atoms with Crippen LogP contribution in [0.4, 0.5) is 5.82 Å². The molecular weight excluding hydrogens is 456 g/mol. The summed E-state index contributed by atoms with van der Waals surface area (Å²) in [5.74, 6) is -0.772. The fraction of sp³-hybridized carbons (Fsp3) is 0.478. The summed E-state index contributed by atoms with van der Waals surface area (Å²) in [5.41, 5.74) is 5.93. The molecule has 1 aromatic carbocycles. The minimum Gasteiger partial charge on any atom is -0.365 e. The van der Waals surface area contributed by atoms with Crippen LogP contribution in [-0.2, 0) is 26.7 Å². The predicted molar refractivity (Wildman–Crippen MR) is 124 cm³/mol. The maximum absolute atomic E-state index is 12.2. The summed E-state index contributed by atoms with van der Waals surface area (Å²) < 4.78 is 25.4. The Balaban J connectivity index is 1.51. The number of likely N-dealkylation sites (tertiary alicyclic amines) is 1. The van der Waals surface area contributed by atoms with Gasteiger partial charge in [-0.25, -0.2) is 8.42 Å². The van der Waals surface area contributed by atoms with E-state index in [0.29, 0.717) is 32.5 Å². The highest BCUT2D eigenvalue weighted by molar-refractivity contribution is 7.90. The van der Waals surface area contributed by atoms with Crippen LogP contribution in [0.5, 0.6) is 0 Å². The zero-order valence-corrected chi connectivity index (χ0v) is 19.8. The SMILES string of the molecule is CS(=O)(=O)c1cccc(CN2CCC(CC#N)(n3cc(C(N)=O)c(NC(=O)C4CC4)n3)CC2)c1. The Bertz CT molecular complexity index is 1250. The van der Waals surface area contributed by atoms with Gasteiger partial charge in [0.25, 0.3) is 5.91 Å². The summed E-state index contributed by atoms with van der Waals surface area (Å²) in [5, 5.41) is 16.8. The Morgan fingerprint density at radius 3 is 2.59 bits per heavy atom. The number of benzene rings is 1. The number of rotatable bonds is 8. The van der Waals surface area contributed by atoms with E-state index in [-0.39, 0.29) is 34.5 Å². The minimum absolute atomic E-state index is 0.0524. The Labute approximate surface area is 198 Å². The number of carbonyl (C=O) groups excluding carboxylic acids is 2. The van der Waals surface area contributed by atoms with Gasteiger partial charge in [0, 0.05) is 38.0 Å². The molecule has 2 aromatic rings. The van der Waals surface area contributed by atoms with Crippen LogP contribution in [0, 0.1) is 17.2 Å². The van der Waals surface area contributed by atoms with E-state index in [1.165, 1.54) is 12.5 Å². The molecule has 2 aliphatic rings. The average molecular weight is 485 g/mol. The number of nitrogens with one attached hydrogen (secondary N) is 1. The van der Waals surface area contributed by atoms with E-state index < -0.39 is 21.3 Å². The zero-order valence-electron chi connectivity index (χ0n) is 19.0. The largest absolute Gasteiger partial charge is 0.365 e. The third kappa shape index (κ3) is 5.13. The summed E-state index contributed by atoms with van der Waals surface area (Å²) in [6.45, 7) is 1.89. The fourth-order valence-electron chi connectivity index (χ4n) is 4.35. The van der Waals surface area contributed by atoms with Crippen molar-refractivity contribution in [2.24, 2.45) is 11.7 Å². The highest BCUT2D eigenvalue weighted by Crippen LogP contribution is 2.36. The summed E-state index contributed by atoms with van der Waals surface area (Å²) in [6.07, 6.45) is 5.76. The van der Waals surface area contributed by atoms with Crippen molar-refractivity contribution in [1.29, 1.82) is 5.26 Å². The molecule has 0 radical (unpaired) electrons. The molecule has 2 amide bonds. The summed E-state index contributed by atoms with van der Waals surface area (Å²) in [7, 11) is -3.28. The molecule has 1 aromatic heterocycles. The number of amides is 2. The molecule has 2 heterocycles. The normalized spacial score (nSPS) is 18.2. The lowest BCUT2D eigenvalue weighted by Crippen LogP contribution is -2.46. The molecule has 1 saturated carbocycles. The van der Waals surface area contributed by atoms with Crippen molar-refractivity contribution in [2.45, 2.75) is 49.1 Å². The molecule has 11 heteroatoms. The van der Waals surface area contributed by atoms with Gasteiger partial charge in [0.2, 0.25) is 5.91 Å². The lowest BCUT2D eigenvalue weighted by atomic mass is 9.84. The zero-order chi connectivity index (χ0) is 24.5. The quantitative estimate of drug-likeness (QED) is 0.578. The fourth-order valence-corrected chi connectivity index (χ4v) is 5.04. The molecule has 0 bridgehead atoms. The molecule has 3 N–H and O–H groups in total. The van der Waals surface area contributed by atoms with E-state index in [0.717, 1.165) is 18.4 Å². The van der Waals surface area contributed by atoms with Crippen LogP contribution in [-0.4, -0.2) is 54.3 Å². The summed E-state index contributed by atoms with van der Waals surface area (Å²) in [6, 6.07) is 9.15. The van der Waals surface area contributed by atoms with Gasteiger partial charge in [-0.05, 0) is 43.4 Å². The number of primary amides is 1. The third-order valence-corrected chi connectivity index (χ3v) is 7.69. The molecule has 0 atom stereocenters. The van der Waals surface area contributed by atoms with E-state index in [1.807, 2.05) is 6.07 Å². The van der Waals surface area contributed by atoms with Crippen LogP contribution in [0.2, 0.25) is 0 Å². The van der Waals surface area contributed by atoms with Gasteiger partial charge in [-0.15, -0.1) is 0 Å². The predicted octanol–water partition coefficient (Wildman–Crippen LogP) is 1.64. The third-order valence-electron chi connectivity index (χ3n) is 6.58. The highest BCUT2D eigenvalue weighted by atomic mass is 32.2. The monoisotopic (exact) mass is 484 g/mol. The van der Waals surface area contributed by atoms with Crippen molar-refractivity contribution in [3.63, 3.8) is 0 Å². The van der Waals surface area contributed by atoms with Gasteiger partial charge < -0.3 is 11.1 Å². The van der Waals surface area contributed by atoms with Crippen LogP contribution >= 0.6 is 0 Å². The first-order valence-electron chi connectivity index (χ1n) is 11.2. The standard InChI is InChI=1S/C23H28N6O4S/c1-34(32,33)18-4-2-3-16(13-18)14-28-11-8-23(7-10-24,9-12-28)29-15-19(20(25)30)21(27-29)26-22(31)17-5-6-17/h2-4,13,15,17H,5-9,11-12,14H2,1H3,(H2,25,30)(H,26,27,31). The number of carbonyl (C=O) groups is 2. The van der Waals surface area contributed by atoms with Crippen LogP contribution in [0.3, 0.4) is 0 Å². The van der Waals surface area contributed by atoms with Crippen LogP contribution in [0.25, 0.3) is 0 Å². The first-order valence-corrected chi connectivity index (χ1v) is 13.1. The van der Waals surface area contributed by atoms with Gasteiger partial charge in [-0.3, -0.25) is 19.2 Å². The minimum atomic E-state index is -3.28. The Hall–Kier alpha value is -3.23. The van der Waals surface area contributed by atoms with Crippen molar-refractivity contribution < 1.29 is 18.0 Å². The molecule has 180 valence electrons. The Kier molecular flexibility index (Phi) is 6.47. The van der Waals surface area contributed by atoms with Crippen molar-refractivity contribution in [3.05, 3.63) is 41.6 Å². The van der Waals surface area contributed by atoms with E-state index in [9.17, 15) is 23.3 Å². The van der Waals surface area contributed by atoms with Gasteiger partial charge in [0.1, 0.15) is 5.56 Å². The number of sulfone groups is 1. The first kappa shape index (κ1) is 23.9. The average Bonchev–Trinajstić information content (AvgIpc) is 3.55. The second-order valence-electron chi connectivity index (χ2n) is 9.22. The Morgan fingerprint density at radius 2 is 2.00 bits per heavy atom. The van der Waals surface area contributed by atoms with Crippen LogP contribution in [0.1, 0.15) is 48.0 Å². The van der Waals surface area contributed by atoms with Crippen molar-refractivity contribution >= 4 is 27.5 Å². The highest BCUT2D eigenvalue weighted by Gasteiger charge is 2.39. The number of nitriles is 1. The first-order chi connectivity index (χ1) is 16.1. The second-order valence-corrected chi connectivity index (χ2v) is 11.2. The van der Waals surface area contributed by atoms with E-state index in [2.05, 4.69) is 21.4 Å². The van der Waals surface area contributed by atoms with Crippen molar-refractivity contribution in [2.75, 3.05) is 24.7 Å². The van der Waals surface area contributed by atoms with Gasteiger partial charge in [-0.2, -0.15) is 10.4 Å². The number of hydrogen-bond donors (Lipinski definition) is 2. The topological polar surface area (TPSA) is 151 Å². The van der Waals surface area contributed by atoms with Crippen molar-refractivity contribution in [1.82, 2.24) is 14.7 Å². The van der Waals surface area contributed by atoms with Gasteiger partial charge in [0.05, 0.1) is 22.9 Å². The van der Waals surface area contributed by atoms with E-state index in [4.69, 9.17) is 5.73 Å². The summed E-state index contributed by atoms with van der Waals surface area (Å²) in [4.78, 5) is 26.7. The molecule has 0 spiro atoms. The van der Waals surface area contributed by atoms with Crippen molar-refractivity contribution in [3.8, 4) is 6.07 Å². The number of anilines is 1. The smallest absolute Gasteiger partial charge is 0.254 e. The molecule has 2 fully saturated rings. The van der Waals surface area contributed by atoms with E-state index in [1.54, 1.807) is 22.9 Å². The Morgan fingerprint density at radius 1 is 1.29 bits per heavy atom.